The molecule has 0 saturated heterocycles. The van der Waals surface area contributed by atoms with Crippen LogP contribution in [0.15, 0.2) is 85.5 Å². The van der Waals surface area contributed by atoms with Gasteiger partial charge in [-0.15, -0.1) is 6.58 Å². The van der Waals surface area contributed by atoms with E-state index in [-0.39, 0.29) is 5.91 Å². The number of nitrogens with one attached hydrogen (secondary N) is 1. The van der Waals surface area contributed by atoms with Crippen LogP contribution in [0.5, 0.6) is 0 Å². The van der Waals surface area contributed by atoms with Crippen molar-refractivity contribution >= 4 is 5.91 Å². The van der Waals surface area contributed by atoms with Gasteiger partial charge in [0.2, 0.25) is 5.91 Å². The molecule has 28 heavy (non-hydrogen) atoms. The summed E-state index contributed by atoms with van der Waals surface area (Å²) < 4.78 is 2.12. The molecule has 142 valence electrons. The highest BCUT2D eigenvalue weighted by Gasteiger charge is 2.18. The summed E-state index contributed by atoms with van der Waals surface area (Å²) in [5, 5.41) is 2.95. The minimum atomic E-state index is -0.154. The van der Waals surface area contributed by atoms with Crippen LogP contribution < -0.4 is 5.32 Å². The standard InChI is InChI=1S/C24H25N3O/c1-4-15-27-22(17-25-24(28)18(2)3)21(16-19-11-7-5-8-12-19)26-23(27)20-13-9-6-10-14-20/h4-14H,1-2,15-17H2,3H3,(H,25,28). The fraction of sp³-hybridized carbons (Fsp3) is 0.167. The zero-order valence-electron chi connectivity index (χ0n) is 16.2. The Kier molecular flexibility index (Phi) is 6.22. The molecule has 0 atom stereocenters. The Labute approximate surface area is 166 Å². The fourth-order valence-corrected chi connectivity index (χ4v) is 3.11. The summed E-state index contributed by atoms with van der Waals surface area (Å²) in [6.45, 7) is 10.3. The van der Waals surface area contributed by atoms with Gasteiger partial charge in [-0.25, -0.2) is 4.98 Å². The third-order valence-corrected chi connectivity index (χ3v) is 4.52. The second-order valence-electron chi connectivity index (χ2n) is 6.72. The summed E-state index contributed by atoms with van der Waals surface area (Å²) in [4.78, 5) is 17.0. The van der Waals surface area contributed by atoms with Crippen molar-refractivity contribution in [2.75, 3.05) is 0 Å². The van der Waals surface area contributed by atoms with Gasteiger partial charge in [-0.3, -0.25) is 4.79 Å². The minimum absolute atomic E-state index is 0.154. The van der Waals surface area contributed by atoms with Crippen LogP contribution in [0, 0.1) is 0 Å². The largest absolute Gasteiger partial charge is 0.347 e. The Morgan fingerprint density at radius 2 is 1.75 bits per heavy atom. The summed E-state index contributed by atoms with van der Waals surface area (Å²) in [6.07, 6.45) is 2.55. The summed E-state index contributed by atoms with van der Waals surface area (Å²) in [7, 11) is 0. The van der Waals surface area contributed by atoms with E-state index in [4.69, 9.17) is 4.98 Å². The third kappa shape index (κ3) is 4.46. The zero-order chi connectivity index (χ0) is 19.9. The number of carbonyl (C=O) groups is 1. The molecule has 0 aliphatic rings. The number of carbonyl (C=O) groups excluding carboxylic acids is 1. The molecule has 0 radical (unpaired) electrons. The lowest BCUT2D eigenvalue weighted by Gasteiger charge is -2.12. The molecule has 0 saturated carbocycles. The first-order valence-corrected chi connectivity index (χ1v) is 9.32. The Morgan fingerprint density at radius 3 is 2.36 bits per heavy atom. The lowest BCUT2D eigenvalue weighted by Crippen LogP contribution is -2.25. The van der Waals surface area contributed by atoms with Gasteiger partial charge >= 0.3 is 0 Å². The number of hydrogen-bond donors (Lipinski definition) is 1. The van der Waals surface area contributed by atoms with Crippen LogP contribution in [0.25, 0.3) is 11.4 Å². The van der Waals surface area contributed by atoms with Crippen LogP contribution in [0.2, 0.25) is 0 Å². The fourth-order valence-electron chi connectivity index (χ4n) is 3.11. The van der Waals surface area contributed by atoms with E-state index in [9.17, 15) is 4.79 Å². The summed E-state index contributed by atoms with van der Waals surface area (Å²) in [5.74, 6) is 0.726. The van der Waals surface area contributed by atoms with Crippen LogP contribution in [-0.4, -0.2) is 15.5 Å². The van der Waals surface area contributed by atoms with Gasteiger partial charge in [-0.05, 0) is 12.5 Å². The first-order chi connectivity index (χ1) is 13.6. The molecule has 3 aromatic rings. The highest BCUT2D eigenvalue weighted by atomic mass is 16.1. The second-order valence-corrected chi connectivity index (χ2v) is 6.72. The average molecular weight is 371 g/mol. The molecule has 3 rings (SSSR count). The molecule has 0 spiro atoms. The van der Waals surface area contributed by atoms with Crippen LogP contribution in [0.3, 0.4) is 0 Å². The minimum Gasteiger partial charge on any atom is -0.347 e. The normalized spacial score (nSPS) is 10.5. The zero-order valence-corrected chi connectivity index (χ0v) is 16.2. The van der Waals surface area contributed by atoms with Gasteiger partial charge in [0.1, 0.15) is 5.82 Å². The number of allylic oxidation sites excluding steroid dienone is 1. The van der Waals surface area contributed by atoms with Crippen molar-refractivity contribution in [1.82, 2.24) is 14.9 Å². The highest BCUT2D eigenvalue weighted by molar-refractivity contribution is 5.92. The molecule has 1 aromatic heterocycles. The first-order valence-electron chi connectivity index (χ1n) is 9.32. The Balaban J connectivity index is 2.05. The molecule has 1 N–H and O–H groups in total. The number of nitrogens with zero attached hydrogens (tertiary/aromatic N) is 2. The van der Waals surface area contributed by atoms with E-state index >= 15 is 0 Å². The molecule has 4 heteroatoms. The van der Waals surface area contributed by atoms with E-state index in [1.165, 1.54) is 5.56 Å². The number of imidazole rings is 1. The van der Waals surface area contributed by atoms with E-state index in [1.807, 2.05) is 54.6 Å². The summed E-state index contributed by atoms with van der Waals surface area (Å²) >= 11 is 0. The van der Waals surface area contributed by atoms with Gasteiger partial charge in [0.05, 0.1) is 17.9 Å². The molecule has 0 aliphatic heterocycles. The Morgan fingerprint density at radius 1 is 1.11 bits per heavy atom. The lowest BCUT2D eigenvalue weighted by atomic mass is 10.1. The molecule has 0 fully saturated rings. The summed E-state index contributed by atoms with van der Waals surface area (Å²) in [5.41, 5.74) is 4.64. The highest BCUT2D eigenvalue weighted by Crippen LogP contribution is 2.25. The third-order valence-electron chi connectivity index (χ3n) is 4.52. The lowest BCUT2D eigenvalue weighted by molar-refractivity contribution is -0.117. The number of hydrogen-bond acceptors (Lipinski definition) is 2. The van der Waals surface area contributed by atoms with Crippen molar-refractivity contribution in [3.8, 4) is 11.4 Å². The smallest absolute Gasteiger partial charge is 0.246 e. The van der Waals surface area contributed by atoms with E-state index in [1.54, 1.807) is 6.92 Å². The van der Waals surface area contributed by atoms with E-state index in [0.717, 1.165) is 22.8 Å². The van der Waals surface area contributed by atoms with Crippen LogP contribution in [-0.2, 0) is 24.3 Å². The van der Waals surface area contributed by atoms with Gasteiger partial charge in [0, 0.05) is 24.1 Å². The number of amides is 1. The molecule has 0 bridgehead atoms. The molecule has 4 nitrogen and oxygen atoms in total. The molecular formula is C24H25N3O. The Hall–Kier alpha value is -3.40. The monoisotopic (exact) mass is 371 g/mol. The Bertz CT molecular complexity index is 972. The second kappa shape index (κ2) is 9.00. The first kappa shape index (κ1) is 19.4. The van der Waals surface area contributed by atoms with Crippen LogP contribution in [0.4, 0.5) is 0 Å². The molecular weight excluding hydrogens is 346 g/mol. The van der Waals surface area contributed by atoms with Crippen LogP contribution in [0.1, 0.15) is 23.9 Å². The van der Waals surface area contributed by atoms with Gasteiger partial charge in [-0.1, -0.05) is 73.3 Å². The molecule has 2 aromatic carbocycles. The van der Waals surface area contributed by atoms with Gasteiger partial charge in [-0.2, -0.15) is 0 Å². The quantitative estimate of drug-likeness (QED) is 0.467. The SMILES string of the molecule is C=CCn1c(-c2ccccc2)nc(Cc2ccccc2)c1CNC(=O)C(=C)C. The molecule has 1 amide bonds. The predicted octanol–water partition coefficient (Wildman–Crippen LogP) is 4.52. The van der Waals surface area contributed by atoms with Crippen molar-refractivity contribution in [3.63, 3.8) is 0 Å². The van der Waals surface area contributed by atoms with Crippen molar-refractivity contribution in [2.24, 2.45) is 0 Å². The van der Waals surface area contributed by atoms with Crippen LogP contribution >= 0.6 is 0 Å². The van der Waals surface area contributed by atoms with E-state index < -0.39 is 0 Å². The number of rotatable bonds is 8. The van der Waals surface area contributed by atoms with Crippen molar-refractivity contribution in [1.29, 1.82) is 0 Å². The summed E-state index contributed by atoms with van der Waals surface area (Å²) in [6, 6.07) is 20.3. The van der Waals surface area contributed by atoms with Crippen molar-refractivity contribution < 1.29 is 4.79 Å². The number of aromatic nitrogens is 2. The van der Waals surface area contributed by atoms with Crippen molar-refractivity contribution in [2.45, 2.75) is 26.4 Å². The number of benzene rings is 2. The maximum atomic E-state index is 12.1. The average Bonchev–Trinajstić information content (AvgIpc) is 3.05. The van der Waals surface area contributed by atoms with Gasteiger partial charge in [0.25, 0.3) is 0 Å². The van der Waals surface area contributed by atoms with E-state index in [0.29, 0.717) is 25.1 Å². The maximum Gasteiger partial charge on any atom is 0.246 e. The van der Waals surface area contributed by atoms with Crippen molar-refractivity contribution in [3.05, 3.63) is 102 Å². The maximum absolute atomic E-state index is 12.1. The topological polar surface area (TPSA) is 46.9 Å². The van der Waals surface area contributed by atoms with Gasteiger partial charge < -0.3 is 9.88 Å². The predicted molar refractivity (Wildman–Crippen MR) is 114 cm³/mol. The molecule has 0 aliphatic carbocycles. The molecule has 0 unspecified atom stereocenters. The van der Waals surface area contributed by atoms with E-state index in [2.05, 4.69) is 35.2 Å². The molecule has 1 heterocycles. The van der Waals surface area contributed by atoms with Gasteiger partial charge in [0.15, 0.2) is 0 Å².